The van der Waals surface area contributed by atoms with Gasteiger partial charge in [-0.3, -0.25) is 0 Å². The summed E-state index contributed by atoms with van der Waals surface area (Å²) in [6.45, 7) is 7.84. The van der Waals surface area contributed by atoms with Gasteiger partial charge in [0.1, 0.15) is 5.82 Å². The summed E-state index contributed by atoms with van der Waals surface area (Å²) in [5.74, 6) is 1.37. The molecule has 0 atom stereocenters. The second-order valence-electron chi connectivity index (χ2n) is 3.82. The topological polar surface area (TPSA) is 6.48 Å². The molecule has 0 unspecified atom stereocenters. The summed E-state index contributed by atoms with van der Waals surface area (Å²) in [6, 6.07) is 0. The van der Waals surface area contributed by atoms with Crippen LogP contribution in [0.25, 0.3) is 0 Å². The van der Waals surface area contributed by atoms with E-state index in [0.717, 1.165) is 19.6 Å². The van der Waals surface area contributed by atoms with Crippen molar-refractivity contribution >= 4 is 0 Å². The Bertz CT molecular complexity index is 212. The molecule has 2 heteroatoms. The van der Waals surface area contributed by atoms with Crippen molar-refractivity contribution in [3.05, 3.63) is 24.0 Å². The molecule has 1 aliphatic rings. The summed E-state index contributed by atoms with van der Waals surface area (Å²) in [4.78, 5) is 4.79. The van der Waals surface area contributed by atoms with Gasteiger partial charge in [0.15, 0.2) is 0 Å². The highest BCUT2D eigenvalue weighted by atomic mass is 15.3. The van der Waals surface area contributed by atoms with Gasteiger partial charge in [-0.1, -0.05) is 26.0 Å². The van der Waals surface area contributed by atoms with Crippen molar-refractivity contribution in [3.8, 4) is 0 Å². The van der Waals surface area contributed by atoms with Crippen LogP contribution in [0.2, 0.25) is 0 Å². The average Bonchev–Trinajstić information content (AvgIpc) is 2.18. The summed E-state index contributed by atoms with van der Waals surface area (Å²) in [5, 5.41) is 0. The minimum Gasteiger partial charge on any atom is -0.358 e. The number of rotatable bonds is 5. The normalized spacial score (nSPS) is 15.6. The highest BCUT2D eigenvalue weighted by Gasteiger charge is 2.12. The standard InChI is InChI=1S/C12H22N2/c1-4-9-14(10-5-2)12-8-6-7-11-13(12)3/h6-8H,4-5,9-11H2,1-3H3. The Balaban J connectivity index is 2.64. The smallest absolute Gasteiger partial charge is 0.104 e. The Morgan fingerprint density at radius 2 is 1.93 bits per heavy atom. The molecular formula is C12H22N2. The Morgan fingerprint density at radius 1 is 1.29 bits per heavy atom. The molecule has 1 aliphatic heterocycles. The van der Waals surface area contributed by atoms with Crippen LogP contribution in [0.4, 0.5) is 0 Å². The lowest BCUT2D eigenvalue weighted by Gasteiger charge is -2.34. The van der Waals surface area contributed by atoms with E-state index in [-0.39, 0.29) is 0 Å². The monoisotopic (exact) mass is 194 g/mol. The molecule has 0 saturated carbocycles. The van der Waals surface area contributed by atoms with E-state index >= 15 is 0 Å². The molecule has 80 valence electrons. The molecule has 0 aromatic carbocycles. The van der Waals surface area contributed by atoms with E-state index in [1.165, 1.54) is 18.7 Å². The fourth-order valence-corrected chi connectivity index (χ4v) is 1.82. The van der Waals surface area contributed by atoms with Gasteiger partial charge in [-0.05, 0) is 18.9 Å². The molecule has 0 saturated heterocycles. The van der Waals surface area contributed by atoms with Crippen LogP contribution in [-0.2, 0) is 0 Å². The van der Waals surface area contributed by atoms with Crippen molar-refractivity contribution in [2.24, 2.45) is 0 Å². The molecule has 1 heterocycles. The van der Waals surface area contributed by atoms with Crippen LogP contribution in [0.1, 0.15) is 26.7 Å². The summed E-state index contributed by atoms with van der Waals surface area (Å²) in [6.07, 6.45) is 9.01. The van der Waals surface area contributed by atoms with Gasteiger partial charge in [0.25, 0.3) is 0 Å². The lowest BCUT2D eigenvalue weighted by molar-refractivity contribution is 0.243. The van der Waals surface area contributed by atoms with Crippen molar-refractivity contribution in [1.82, 2.24) is 9.80 Å². The summed E-state index contributed by atoms with van der Waals surface area (Å²) in [7, 11) is 2.16. The summed E-state index contributed by atoms with van der Waals surface area (Å²) >= 11 is 0. The van der Waals surface area contributed by atoms with E-state index in [1.807, 2.05) is 0 Å². The zero-order valence-electron chi connectivity index (χ0n) is 9.66. The van der Waals surface area contributed by atoms with E-state index in [2.05, 4.69) is 48.9 Å². The van der Waals surface area contributed by atoms with Crippen LogP contribution >= 0.6 is 0 Å². The van der Waals surface area contributed by atoms with Crippen molar-refractivity contribution in [2.75, 3.05) is 26.7 Å². The Labute approximate surface area is 87.9 Å². The molecule has 0 aromatic heterocycles. The van der Waals surface area contributed by atoms with Crippen LogP contribution < -0.4 is 0 Å². The van der Waals surface area contributed by atoms with Crippen LogP contribution in [-0.4, -0.2) is 36.5 Å². The lowest BCUT2D eigenvalue weighted by Crippen LogP contribution is -2.35. The molecular weight excluding hydrogens is 172 g/mol. The second-order valence-corrected chi connectivity index (χ2v) is 3.82. The number of likely N-dealkylation sites (N-methyl/N-ethyl adjacent to an activating group) is 1. The largest absolute Gasteiger partial charge is 0.358 e. The Hall–Kier alpha value is -0.920. The molecule has 0 spiro atoms. The fraction of sp³-hybridized carbons (Fsp3) is 0.667. The SMILES string of the molecule is CCCN(CCC)C1=CC=CCN1C. The third kappa shape index (κ3) is 2.79. The molecule has 0 bridgehead atoms. The van der Waals surface area contributed by atoms with Crippen LogP contribution in [0, 0.1) is 0 Å². The number of hydrogen-bond acceptors (Lipinski definition) is 2. The summed E-state index contributed by atoms with van der Waals surface area (Å²) < 4.78 is 0. The predicted octanol–water partition coefficient (Wildman–Crippen LogP) is 2.45. The van der Waals surface area contributed by atoms with Gasteiger partial charge >= 0.3 is 0 Å². The first-order valence-electron chi connectivity index (χ1n) is 5.62. The molecule has 0 N–H and O–H groups in total. The third-order valence-electron chi connectivity index (χ3n) is 2.46. The molecule has 0 aliphatic carbocycles. The van der Waals surface area contributed by atoms with Crippen molar-refractivity contribution < 1.29 is 0 Å². The van der Waals surface area contributed by atoms with Gasteiger partial charge in [-0.25, -0.2) is 0 Å². The fourth-order valence-electron chi connectivity index (χ4n) is 1.82. The maximum atomic E-state index is 2.48. The Morgan fingerprint density at radius 3 is 2.43 bits per heavy atom. The van der Waals surface area contributed by atoms with Crippen molar-refractivity contribution in [1.29, 1.82) is 0 Å². The van der Waals surface area contributed by atoms with E-state index in [9.17, 15) is 0 Å². The van der Waals surface area contributed by atoms with Gasteiger partial charge in [0.2, 0.25) is 0 Å². The molecule has 0 amide bonds. The van der Waals surface area contributed by atoms with E-state index < -0.39 is 0 Å². The first-order chi connectivity index (χ1) is 6.79. The number of allylic oxidation sites excluding steroid dienone is 2. The average molecular weight is 194 g/mol. The lowest BCUT2D eigenvalue weighted by atomic mass is 10.3. The number of nitrogens with zero attached hydrogens (tertiary/aromatic N) is 2. The highest BCUT2D eigenvalue weighted by molar-refractivity contribution is 5.16. The van der Waals surface area contributed by atoms with Crippen molar-refractivity contribution in [2.45, 2.75) is 26.7 Å². The third-order valence-corrected chi connectivity index (χ3v) is 2.46. The van der Waals surface area contributed by atoms with Crippen molar-refractivity contribution in [3.63, 3.8) is 0 Å². The Kier molecular flexibility index (Phi) is 4.57. The van der Waals surface area contributed by atoms with Gasteiger partial charge in [-0.2, -0.15) is 0 Å². The molecule has 0 aromatic rings. The summed E-state index contributed by atoms with van der Waals surface area (Å²) in [5.41, 5.74) is 0. The van der Waals surface area contributed by atoms with Crippen LogP contribution in [0.5, 0.6) is 0 Å². The first kappa shape index (κ1) is 11.2. The minimum absolute atomic E-state index is 1.04. The zero-order chi connectivity index (χ0) is 10.4. The van der Waals surface area contributed by atoms with E-state index in [0.29, 0.717) is 0 Å². The quantitative estimate of drug-likeness (QED) is 0.663. The van der Waals surface area contributed by atoms with Gasteiger partial charge in [0, 0.05) is 26.7 Å². The molecule has 1 rings (SSSR count). The molecule has 14 heavy (non-hydrogen) atoms. The zero-order valence-corrected chi connectivity index (χ0v) is 9.66. The molecule has 0 fully saturated rings. The molecule has 2 nitrogen and oxygen atoms in total. The first-order valence-corrected chi connectivity index (χ1v) is 5.62. The number of hydrogen-bond donors (Lipinski definition) is 0. The minimum atomic E-state index is 1.04. The van der Waals surface area contributed by atoms with Crippen LogP contribution in [0.3, 0.4) is 0 Å². The maximum Gasteiger partial charge on any atom is 0.104 e. The second kappa shape index (κ2) is 5.74. The van der Waals surface area contributed by atoms with E-state index in [4.69, 9.17) is 0 Å². The van der Waals surface area contributed by atoms with Gasteiger partial charge < -0.3 is 9.80 Å². The predicted molar refractivity (Wildman–Crippen MR) is 62.0 cm³/mol. The van der Waals surface area contributed by atoms with Gasteiger partial charge in [0.05, 0.1) is 0 Å². The van der Waals surface area contributed by atoms with Gasteiger partial charge in [-0.15, -0.1) is 0 Å². The van der Waals surface area contributed by atoms with Crippen LogP contribution in [0.15, 0.2) is 24.0 Å². The highest BCUT2D eigenvalue weighted by Crippen LogP contribution is 2.13. The van der Waals surface area contributed by atoms with E-state index in [1.54, 1.807) is 0 Å². The maximum absolute atomic E-state index is 2.48. The molecule has 0 radical (unpaired) electrons.